The lowest BCUT2D eigenvalue weighted by Crippen LogP contribution is -2.43. The second-order valence-electron chi connectivity index (χ2n) is 8.10. The van der Waals surface area contributed by atoms with E-state index in [0.29, 0.717) is 13.1 Å². The van der Waals surface area contributed by atoms with Gasteiger partial charge in [-0.05, 0) is 37.1 Å². The summed E-state index contributed by atoms with van der Waals surface area (Å²) in [5.41, 5.74) is 3.76. The van der Waals surface area contributed by atoms with Crippen molar-refractivity contribution in [2.24, 2.45) is 5.92 Å². The molecule has 1 aliphatic rings. The molecule has 3 aromatic rings. The predicted octanol–water partition coefficient (Wildman–Crippen LogP) is 3.97. The molecule has 0 radical (unpaired) electrons. The van der Waals surface area contributed by atoms with Gasteiger partial charge in [0, 0.05) is 47.4 Å². The van der Waals surface area contributed by atoms with Gasteiger partial charge >= 0.3 is 5.97 Å². The van der Waals surface area contributed by atoms with Crippen LogP contribution < -0.4 is 5.32 Å². The Morgan fingerprint density at radius 3 is 2.75 bits per heavy atom. The largest absolute Gasteiger partial charge is 0.469 e. The molecule has 2 heterocycles. The third-order valence-corrected chi connectivity index (χ3v) is 5.89. The van der Waals surface area contributed by atoms with Crippen LogP contribution in [0.15, 0.2) is 54.6 Å². The molecular weight excluding hydrogens is 406 g/mol. The number of para-hydroxylation sites is 1. The summed E-state index contributed by atoms with van der Waals surface area (Å²) >= 11 is 0. The number of ether oxygens (including phenoxy) is 1. The van der Waals surface area contributed by atoms with Gasteiger partial charge in [0.05, 0.1) is 19.4 Å². The van der Waals surface area contributed by atoms with Crippen molar-refractivity contribution in [2.75, 3.05) is 25.5 Å². The van der Waals surface area contributed by atoms with Crippen molar-refractivity contribution in [2.45, 2.75) is 25.7 Å². The molecule has 0 saturated carbocycles. The fraction of sp³-hybridized carbons (Fsp3) is 0.320. The van der Waals surface area contributed by atoms with E-state index in [0.717, 1.165) is 40.7 Å². The highest BCUT2D eigenvalue weighted by molar-refractivity contribution is 5.94. The number of anilines is 1. The molecule has 2 N–H and O–H groups in total. The van der Waals surface area contributed by atoms with Gasteiger partial charge in [0.2, 0.25) is 11.8 Å². The van der Waals surface area contributed by atoms with Gasteiger partial charge in [0.25, 0.3) is 0 Å². The highest BCUT2D eigenvalue weighted by Gasteiger charge is 2.28. The van der Waals surface area contributed by atoms with E-state index < -0.39 is 5.97 Å². The molecule has 7 nitrogen and oxygen atoms in total. The number of nitrogens with one attached hydrogen (secondary N) is 2. The van der Waals surface area contributed by atoms with Crippen molar-refractivity contribution < 1.29 is 19.1 Å². The van der Waals surface area contributed by atoms with Crippen molar-refractivity contribution in [3.63, 3.8) is 0 Å². The molecule has 0 bridgehead atoms. The van der Waals surface area contributed by atoms with Gasteiger partial charge in [-0.2, -0.15) is 0 Å². The van der Waals surface area contributed by atoms with Crippen LogP contribution in [0.25, 0.3) is 22.2 Å². The number of fused-ring (bicyclic) bond motifs is 1. The zero-order chi connectivity index (χ0) is 22.5. The van der Waals surface area contributed by atoms with Gasteiger partial charge in [-0.1, -0.05) is 30.3 Å². The Balaban J connectivity index is 1.39. The number of H-pyrrole nitrogens is 1. The summed E-state index contributed by atoms with van der Waals surface area (Å²) < 4.78 is 4.60. The molecule has 4 rings (SSSR count). The highest BCUT2D eigenvalue weighted by Crippen LogP contribution is 2.27. The minimum Gasteiger partial charge on any atom is -0.469 e. The van der Waals surface area contributed by atoms with E-state index in [4.69, 9.17) is 0 Å². The van der Waals surface area contributed by atoms with Crippen LogP contribution in [0.2, 0.25) is 0 Å². The van der Waals surface area contributed by atoms with E-state index in [1.165, 1.54) is 7.11 Å². The molecule has 1 atom stereocenters. The maximum atomic E-state index is 12.9. The Hall–Kier alpha value is -3.61. The lowest BCUT2D eigenvalue weighted by molar-refractivity contribution is -0.144. The van der Waals surface area contributed by atoms with E-state index in [9.17, 15) is 14.4 Å². The van der Waals surface area contributed by atoms with Gasteiger partial charge < -0.3 is 19.9 Å². The minimum atomic E-state index is -0.403. The number of amides is 2. The first-order valence-electron chi connectivity index (χ1n) is 10.9. The zero-order valence-electron chi connectivity index (χ0n) is 18.1. The zero-order valence-corrected chi connectivity index (χ0v) is 18.1. The third kappa shape index (κ3) is 4.99. The summed E-state index contributed by atoms with van der Waals surface area (Å²) in [6.45, 7) is 0.979. The van der Waals surface area contributed by atoms with Crippen molar-refractivity contribution >= 4 is 34.4 Å². The van der Waals surface area contributed by atoms with Crippen LogP contribution in [0, 0.1) is 5.92 Å². The number of aromatic amines is 1. The summed E-state index contributed by atoms with van der Waals surface area (Å²) in [6, 6.07) is 17.9. The number of carbonyl (C=O) groups excluding carboxylic acids is 3. The number of aromatic nitrogens is 1. The number of likely N-dealkylation sites (tertiary alicyclic amines) is 1. The number of benzene rings is 2. The topological polar surface area (TPSA) is 91.5 Å². The molecule has 2 amide bonds. The molecule has 32 heavy (non-hydrogen) atoms. The van der Waals surface area contributed by atoms with Crippen molar-refractivity contribution in [3.8, 4) is 11.3 Å². The maximum Gasteiger partial charge on any atom is 0.306 e. The van der Waals surface area contributed by atoms with Crippen LogP contribution in [0.5, 0.6) is 0 Å². The maximum absolute atomic E-state index is 12.9. The van der Waals surface area contributed by atoms with Gasteiger partial charge in [-0.15, -0.1) is 0 Å². The Morgan fingerprint density at radius 1 is 1.09 bits per heavy atom. The molecule has 0 aliphatic carbocycles. The average molecular weight is 434 g/mol. The van der Waals surface area contributed by atoms with Gasteiger partial charge in [0.1, 0.15) is 0 Å². The second kappa shape index (κ2) is 9.68. The lowest BCUT2D eigenvalue weighted by Gasteiger charge is -2.32. The smallest absolute Gasteiger partial charge is 0.306 e. The number of methoxy groups -OCH3 is 1. The van der Waals surface area contributed by atoms with Crippen LogP contribution in [0.4, 0.5) is 5.69 Å². The van der Waals surface area contributed by atoms with Gasteiger partial charge in [0.15, 0.2) is 0 Å². The molecular formula is C25H27N3O4. The first-order valence-corrected chi connectivity index (χ1v) is 10.9. The van der Waals surface area contributed by atoms with Gasteiger partial charge in [-0.3, -0.25) is 14.4 Å². The average Bonchev–Trinajstić information content (AvgIpc) is 3.27. The monoisotopic (exact) mass is 433 g/mol. The predicted molar refractivity (Wildman–Crippen MR) is 123 cm³/mol. The van der Waals surface area contributed by atoms with Gasteiger partial charge in [-0.25, -0.2) is 0 Å². The van der Waals surface area contributed by atoms with E-state index >= 15 is 0 Å². The Kier molecular flexibility index (Phi) is 6.54. The fourth-order valence-corrected chi connectivity index (χ4v) is 4.12. The molecule has 1 aromatic heterocycles. The number of esters is 1. The lowest BCUT2D eigenvalue weighted by atomic mass is 9.96. The summed E-state index contributed by atoms with van der Waals surface area (Å²) in [6.07, 6.45) is 1.66. The van der Waals surface area contributed by atoms with Crippen LogP contribution in [0.1, 0.15) is 25.7 Å². The summed E-state index contributed by atoms with van der Waals surface area (Å²) in [5.74, 6) is -0.889. The normalized spacial score (nSPS) is 16.0. The number of nitrogens with zero attached hydrogens (tertiary/aromatic N) is 1. The Morgan fingerprint density at radius 2 is 1.94 bits per heavy atom. The Labute approximate surface area is 186 Å². The molecule has 1 saturated heterocycles. The summed E-state index contributed by atoms with van der Waals surface area (Å²) in [7, 11) is 1.31. The first-order chi connectivity index (χ1) is 15.5. The summed E-state index contributed by atoms with van der Waals surface area (Å²) in [5, 5.41) is 4.14. The third-order valence-electron chi connectivity index (χ3n) is 5.89. The van der Waals surface area contributed by atoms with Crippen molar-refractivity contribution in [3.05, 3.63) is 54.6 Å². The van der Waals surface area contributed by atoms with Crippen LogP contribution in [-0.2, 0) is 19.1 Å². The molecule has 0 spiro atoms. The standard InChI is InChI=1S/C25H27N3O4/c1-32-24(30)12-11-23(29)28-13-5-8-19(16-28)25(31)26-20-9-4-7-17(14-20)22-15-18-6-2-3-10-21(18)27-22/h2-4,6-7,9-10,14-15,19,27H,5,8,11-13,16H2,1H3,(H,26,31). The molecule has 7 heteroatoms. The molecule has 166 valence electrons. The van der Waals surface area contributed by atoms with E-state index in [2.05, 4.69) is 27.2 Å². The number of hydrogen-bond donors (Lipinski definition) is 2. The second-order valence-corrected chi connectivity index (χ2v) is 8.10. The van der Waals surface area contributed by atoms with Crippen molar-refractivity contribution in [1.82, 2.24) is 9.88 Å². The molecule has 2 aromatic carbocycles. The minimum absolute atomic E-state index is 0.0588. The van der Waals surface area contributed by atoms with Crippen molar-refractivity contribution in [1.29, 1.82) is 0 Å². The highest BCUT2D eigenvalue weighted by atomic mass is 16.5. The van der Waals surface area contributed by atoms with E-state index in [1.54, 1.807) is 4.90 Å². The first kappa shape index (κ1) is 21.6. The molecule has 1 unspecified atom stereocenters. The molecule has 1 fully saturated rings. The number of carbonyl (C=O) groups is 3. The van der Waals surface area contributed by atoms with Crippen LogP contribution in [-0.4, -0.2) is 47.9 Å². The fourth-order valence-electron chi connectivity index (χ4n) is 4.12. The van der Waals surface area contributed by atoms with Crippen LogP contribution >= 0.6 is 0 Å². The van der Waals surface area contributed by atoms with E-state index in [1.807, 2.05) is 42.5 Å². The number of rotatable bonds is 6. The summed E-state index contributed by atoms with van der Waals surface area (Å²) in [4.78, 5) is 41.7. The number of hydrogen-bond acceptors (Lipinski definition) is 4. The molecule has 1 aliphatic heterocycles. The van der Waals surface area contributed by atoms with Crippen LogP contribution in [0.3, 0.4) is 0 Å². The Bertz CT molecular complexity index is 1100. The number of piperidine rings is 1. The van der Waals surface area contributed by atoms with E-state index in [-0.39, 0.29) is 30.6 Å². The SMILES string of the molecule is COC(=O)CCC(=O)N1CCCC(C(=O)Nc2cccc(-c3cc4ccccc4[nH]3)c2)C1. The quantitative estimate of drug-likeness (QED) is 0.576.